The van der Waals surface area contributed by atoms with E-state index in [1.807, 2.05) is 0 Å². The second kappa shape index (κ2) is 11.0. The van der Waals surface area contributed by atoms with Crippen molar-refractivity contribution in [2.24, 2.45) is 35.5 Å². The van der Waals surface area contributed by atoms with E-state index in [0.717, 1.165) is 19.4 Å². The Morgan fingerprint density at radius 3 is 2.34 bits per heavy atom. The lowest BCUT2D eigenvalue weighted by Crippen LogP contribution is -2.40. The van der Waals surface area contributed by atoms with E-state index < -0.39 is 8.32 Å². The highest BCUT2D eigenvalue weighted by Crippen LogP contribution is 2.59. The Morgan fingerprint density at radius 1 is 1.00 bits per heavy atom. The molecule has 0 aliphatic heterocycles. The summed E-state index contributed by atoms with van der Waals surface area (Å²) >= 11 is 0. The van der Waals surface area contributed by atoms with Gasteiger partial charge in [-0.25, -0.2) is 0 Å². The van der Waals surface area contributed by atoms with Crippen LogP contribution in [0.15, 0.2) is 12.2 Å². The van der Waals surface area contributed by atoms with Gasteiger partial charge in [-0.05, 0) is 61.1 Å². The first-order valence-corrected chi connectivity index (χ1v) is 16.4. The first kappa shape index (κ1) is 25.8. The third kappa shape index (κ3) is 5.79. The molecule has 2 bridgehead atoms. The molecular formula is C29H48O2Si. The number of fused-ring (bicyclic) bond motifs is 5. The van der Waals surface area contributed by atoms with Gasteiger partial charge in [-0.3, -0.25) is 4.79 Å². The van der Waals surface area contributed by atoms with E-state index in [9.17, 15) is 4.79 Å². The summed E-state index contributed by atoms with van der Waals surface area (Å²) in [6.45, 7) is 14.7. The molecule has 0 radical (unpaired) electrons. The van der Waals surface area contributed by atoms with Gasteiger partial charge in [0, 0.05) is 31.3 Å². The lowest BCUT2D eigenvalue weighted by Gasteiger charge is -2.36. The smallest absolute Gasteiger partial charge is 0.191 e. The molecule has 0 N–H and O–H groups in total. The number of carbonyl (C=O) groups excluding carboxylic acids is 1. The van der Waals surface area contributed by atoms with Crippen LogP contribution < -0.4 is 0 Å². The van der Waals surface area contributed by atoms with Gasteiger partial charge >= 0.3 is 0 Å². The number of carbonyl (C=O) groups is 1. The number of hydrogen-bond acceptors (Lipinski definition) is 2. The molecule has 6 atom stereocenters. The molecule has 2 nitrogen and oxygen atoms in total. The molecule has 0 saturated heterocycles. The summed E-state index contributed by atoms with van der Waals surface area (Å²) in [6, 6.07) is 0. The SMILES string of the molecule is CCC#CC[C@H]1C(=O)[C@@H]2[C@H]([C@@H]1CCCCCCCCO[Si](C)(C)C(C)(C)C)[C@@H]1C=C[C@H]2C1. The summed E-state index contributed by atoms with van der Waals surface area (Å²) in [5.74, 6) is 10.0. The van der Waals surface area contributed by atoms with Gasteiger partial charge in [0.25, 0.3) is 0 Å². The molecule has 32 heavy (non-hydrogen) atoms. The molecule has 0 unspecified atom stereocenters. The third-order valence-corrected chi connectivity index (χ3v) is 13.6. The number of unbranched alkanes of at least 4 members (excludes halogenated alkanes) is 5. The van der Waals surface area contributed by atoms with Crippen LogP contribution in [0.5, 0.6) is 0 Å². The van der Waals surface area contributed by atoms with Crippen LogP contribution in [0.2, 0.25) is 18.1 Å². The maximum Gasteiger partial charge on any atom is 0.191 e. The normalized spacial score (nSPS) is 31.1. The van der Waals surface area contributed by atoms with Crippen LogP contribution in [0.4, 0.5) is 0 Å². The third-order valence-electron chi connectivity index (χ3n) is 9.05. The van der Waals surface area contributed by atoms with Crippen molar-refractivity contribution in [2.45, 2.75) is 110 Å². The largest absolute Gasteiger partial charge is 0.417 e. The molecule has 0 spiro atoms. The zero-order chi connectivity index (χ0) is 23.4. The van der Waals surface area contributed by atoms with Gasteiger partial charge in [-0.15, -0.1) is 11.8 Å². The molecule has 3 aliphatic rings. The average molecular weight is 457 g/mol. The van der Waals surface area contributed by atoms with Gasteiger partial charge in [0.1, 0.15) is 5.78 Å². The monoisotopic (exact) mass is 456 g/mol. The summed E-state index contributed by atoms with van der Waals surface area (Å²) in [7, 11) is -1.58. The molecule has 0 aromatic rings. The van der Waals surface area contributed by atoms with E-state index in [1.165, 1.54) is 51.4 Å². The molecule has 0 amide bonds. The van der Waals surface area contributed by atoms with Crippen LogP contribution in [0.1, 0.15) is 91.9 Å². The quantitative estimate of drug-likeness (QED) is 0.137. The highest BCUT2D eigenvalue weighted by atomic mass is 28.4. The molecule has 0 heterocycles. The number of ketones is 1. The topological polar surface area (TPSA) is 26.3 Å². The molecule has 3 rings (SSSR count). The fraction of sp³-hybridized carbons (Fsp3) is 0.828. The van der Waals surface area contributed by atoms with E-state index in [2.05, 4.69) is 64.8 Å². The van der Waals surface area contributed by atoms with Crippen LogP contribution in [-0.2, 0) is 9.22 Å². The Morgan fingerprint density at radius 2 is 1.66 bits per heavy atom. The van der Waals surface area contributed by atoms with Crippen LogP contribution in [0.3, 0.4) is 0 Å². The van der Waals surface area contributed by atoms with Crippen molar-refractivity contribution in [1.82, 2.24) is 0 Å². The summed E-state index contributed by atoms with van der Waals surface area (Å²) in [6.07, 6.45) is 16.6. The molecule has 3 heteroatoms. The highest BCUT2D eigenvalue weighted by Gasteiger charge is 2.58. The van der Waals surface area contributed by atoms with Crippen molar-refractivity contribution in [1.29, 1.82) is 0 Å². The van der Waals surface area contributed by atoms with Crippen LogP contribution in [0, 0.1) is 47.3 Å². The Hall–Kier alpha value is -0.853. The zero-order valence-corrected chi connectivity index (χ0v) is 22.7. The van der Waals surface area contributed by atoms with E-state index in [0.29, 0.717) is 40.4 Å². The van der Waals surface area contributed by atoms with Crippen molar-refractivity contribution in [2.75, 3.05) is 6.61 Å². The first-order valence-electron chi connectivity index (χ1n) is 13.5. The van der Waals surface area contributed by atoms with Crippen molar-refractivity contribution >= 4 is 14.1 Å². The molecule has 2 saturated carbocycles. The average Bonchev–Trinajstić information content (AvgIpc) is 3.40. The van der Waals surface area contributed by atoms with Crippen molar-refractivity contribution in [3.05, 3.63) is 12.2 Å². The Labute approximate surface area is 199 Å². The Balaban J connectivity index is 1.37. The standard InChI is InChI=1S/C29H48O2Si/c1-7-8-13-17-25-24(26-22-18-19-23(21-22)27(26)28(25)30)16-14-11-9-10-12-15-20-31-32(5,6)29(2,3)4/h18-19,22-27H,7,9-12,14-17,20-21H2,1-6H3/t22-,23+,24-,25-,26+,27+/m1/s1. The lowest BCUT2D eigenvalue weighted by atomic mass is 9.77. The van der Waals surface area contributed by atoms with Gasteiger partial charge in [-0.1, -0.05) is 72.0 Å². The molecular weight excluding hydrogens is 408 g/mol. The Bertz CT molecular complexity index is 720. The van der Waals surface area contributed by atoms with Crippen molar-refractivity contribution in [3.8, 4) is 11.8 Å². The maximum atomic E-state index is 13.2. The number of hydrogen-bond donors (Lipinski definition) is 0. The summed E-state index contributed by atoms with van der Waals surface area (Å²) in [5, 5.41) is 0.308. The molecule has 3 aliphatic carbocycles. The summed E-state index contributed by atoms with van der Waals surface area (Å²) in [4.78, 5) is 13.2. The van der Waals surface area contributed by atoms with Crippen LogP contribution >= 0.6 is 0 Å². The molecule has 180 valence electrons. The number of Topliss-reactive ketones (excluding diaryl/α,β-unsaturated/α-hetero) is 1. The van der Waals surface area contributed by atoms with Crippen molar-refractivity contribution in [3.63, 3.8) is 0 Å². The van der Waals surface area contributed by atoms with Gasteiger partial charge in [0.05, 0.1) is 0 Å². The van der Waals surface area contributed by atoms with Gasteiger partial charge < -0.3 is 4.43 Å². The van der Waals surface area contributed by atoms with Gasteiger partial charge in [-0.2, -0.15) is 0 Å². The van der Waals surface area contributed by atoms with E-state index in [-0.39, 0.29) is 5.92 Å². The summed E-state index contributed by atoms with van der Waals surface area (Å²) < 4.78 is 6.31. The van der Waals surface area contributed by atoms with E-state index in [4.69, 9.17) is 4.43 Å². The van der Waals surface area contributed by atoms with Crippen molar-refractivity contribution < 1.29 is 9.22 Å². The summed E-state index contributed by atoms with van der Waals surface area (Å²) in [5.41, 5.74) is 0. The highest BCUT2D eigenvalue weighted by molar-refractivity contribution is 6.74. The fourth-order valence-electron chi connectivity index (χ4n) is 6.26. The predicted octanol–water partition coefficient (Wildman–Crippen LogP) is 7.80. The fourth-order valence-corrected chi connectivity index (χ4v) is 7.34. The second-order valence-electron chi connectivity index (χ2n) is 12.2. The minimum absolute atomic E-state index is 0.210. The van der Waals surface area contributed by atoms with Crippen LogP contribution in [0.25, 0.3) is 0 Å². The number of rotatable bonds is 11. The maximum absolute atomic E-state index is 13.2. The number of allylic oxidation sites excluding steroid dienone is 2. The minimum atomic E-state index is -1.58. The van der Waals surface area contributed by atoms with Gasteiger partial charge in [0.2, 0.25) is 0 Å². The molecule has 0 aromatic heterocycles. The van der Waals surface area contributed by atoms with E-state index >= 15 is 0 Å². The first-order chi connectivity index (χ1) is 15.2. The minimum Gasteiger partial charge on any atom is -0.417 e. The lowest BCUT2D eigenvalue weighted by molar-refractivity contribution is -0.125. The zero-order valence-electron chi connectivity index (χ0n) is 21.7. The molecule has 0 aromatic carbocycles. The second-order valence-corrected chi connectivity index (χ2v) is 17.0. The van der Waals surface area contributed by atoms with E-state index in [1.54, 1.807) is 0 Å². The van der Waals surface area contributed by atoms with Gasteiger partial charge in [0.15, 0.2) is 8.32 Å². The molecule has 2 fully saturated rings. The predicted molar refractivity (Wildman–Crippen MR) is 138 cm³/mol. The van der Waals surface area contributed by atoms with Crippen LogP contribution in [-0.4, -0.2) is 20.7 Å². The Kier molecular flexibility index (Phi) is 8.90.